The molecule has 0 aliphatic carbocycles. The molecule has 0 spiro atoms. The zero-order valence-corrected chi connectivity index (χ0v) is 8.84. The Morgan fingerprint density at radius 2 is 1.94 bits per heavy atom. The molecule has 0 aliphatic rings. The smallest absolute Gasteiger partial charge is 0.321 e. The van der Waals surface area contributed by atoms with Crippen LogP contribution in [0.5, 0.6) is 0 Å². The first-order valence-electron chi connectivity index (χ1n) is 4.45. The lowest BCUT2D eigenvalue weighted by atomic mass is 10.1. The molecule has 1 rings (SSSR count). The fourth-order valence-electron chi connectivity index (χ4n) is 1.22. The van der Waals surface area contributed by atoms with Crippen molar-refractivity contribution in [2.75, 3.05) is 5.32 Å². The number of amides is 1. The Morgan fingerprint density at radius 3 is 2.33 bits per heavy atom. The molecule has 0 saturated carbocycles. The zero-order valence-electron chi connectivity index (χ0n) is 8.84. The molecule has 18 heavy (non-hydrogen) atoms. The maximum atomic E-state index is 13.1. The van der Waals surface area contributed by atoms with Crippen molar-refractivity contribution >= 4 is 17.3 Å². The van der Waals surface area contributed by atoms with Crippen LogP contribution < -0.4 is 5.32 Å². The van der Waals surface area contributed by atoms with E-state index in [1.807, 2.05) is 5.32 Å². The first-order valence-corrected chi connectivity index (χ1v) is 4.45. The molecule has 1 aromatic carbocycles. The van der Waals surface area contributed by atoms with Gasteiger partial charge in [-0.1, -0.05) is 0 Å². The molecule has 9 heteroatoms. The number of nitrogens with one attached hydrogen (secondary N) is 1. The number of carbonyl (C=O) groups is 1. The number of rotatable bonds is 2. The molecular weight excluding hydrogens is 260 g/mol. The molecule has 0 heterocycles. The van der Waals surface area contributed by atoms with Crippen LogP contribution in [-0.4, -0.2) is 10.8 Å². The largest absolute Gasteiger partial charge is 0.419 e. The Kier molecular flexibility index (Phi) is 3.54. The van der Waals surface area contributed by atoms with Gasteiger partial charge in [-0.05, 0) is 6.07 Å². The average Bonchev–Trinajstić information content (AvgIpc) is 2.17. The summed E-state index contributed by atoms with van der Waals surface area (Å²) >= 11 is 0. The van der Waals surface area contributed by atoms with E-state index >= 15 is 0 Å². The molecule has 0 aliphatic heterocycles. The number of anilines is 1. The third-order valence-corrected chi connectivity index (χ3v) is 1.90. The first-order chi connectivity index (χ1) is 8.12. The van der Waals surface area contributed by atoms with Gasteiger partial charge in [0.15, 0.2) is 0 Å². The summed E-state index contributed by atoms with van der Waals surface area (Å²) in [5.41, 5.74) is -3.34. The van der Waals surface area contributed by atoms with Crippen LogP contribution >= 0.6 is 0 Å². The van der Waals surface area contributed by atoms with E-state index < -0.39 is 39.8 Å². The van der Waals surface area contributed by atoms with Gasteiger partial charge in [-0.25, -0.2) is 4.39 Å². The molecule has 1 aromatic rings. The number of halogens is 4. The second kappa shape index (κ2) is 4.59. The Bertz CT molecular complexity index is 513. The number of benzene rings is 1. The lowest BCUT2D eigenvalue weighted by molar-refractivity contribution is -0.384. The van der Waals surface area contributed by atoms with Gasteiger partial charge in [0, 0.05) is 6.92 Å². The summed E-state index contributed by atoms with van der Waals surface area (Å²) < 4.78 is 50.2. The van der Waals surface area contributed by atoms with Gasteiger partial charge in [-0.2, -0.15) is 13.2 Å². The van der Waals surface area contributed by atoms with Gasteiger partial charge in [-0.3, -0.25) is 14.9 Å². The summed E-state index contributed by atoms with van der Waals surface area (Å²) in [4.78, 5) is 20.2. The van der Waals surface area contributed by atoms with Crippen molar-refractivity contribution < 1.29 is 27.3 Å². The highest BCUT2D eigenvalue weighted by Gasteiger charge is 2.36. The molecule has 98 valence electrons. The Balaban J connectivity index is 3.45. The SMILES string of the molecule is CC(=O)Nc1cc(C(F)(F)F)c(F)cc1[N+](=O)[O-]. The second-order valence-electron chi connectivity index (χ2n) is 3.29. The first kappa shape index (κ1) is 13.9. The van der Waals surface area contributed by atoms with E-state index in [1.54, 1.807) is 0 Å². The lowest BCUT2D eigenvalue weighted by Crippen LogP contribution is -2.13. The molecule has 0 saturated heterocycles. The maximum absolute atomic E-state index is 13.1. The summed E-state index contributed by atoms with van der Waals surface area (Å²) in [6, 6.07) is 0.308. The van der Waals surface area contributed by atoms with Gasteiger partial charge < -0.3 is 5.32 Å². The van der Waals surface area contributed by atoms with Gasteiger partial charge >= 0.3 is 6.18 Å². The van der Waals surface area contributed by atoms with Crippen molar-refractivity contribution in [3.63, 3.8) is 0 Å². The van der Waals surface area contributed by atoms with Crippen molar-refractivity contribution in [3.8, 4) is 0 Å². The molecule has 0 bridgehead atoms. The predicted molar refractivity (Wildman–Crippen MR) is 52.4 cm³/mol. The Morgan fingerprint density at radius 1 is 1.39 bits per heavy atom. The van der Waals surface area contributed by atoms with Crippen LogP contribution in [0.4, 0.5) is 28.9 Å². The van der Waals surface area contributed by atoms with Crippen molar-refractivity contribution in [2.45, 2.75) is 13.1 Å². The van der Waals surface area contributed by atoms with Gasteiger partial charge in [0.2, 0.25) is 5.91 Å². The summed E-state index contributed by atoms with van der Waals surface area (Å²) in [6.07, 6.45) is -5.01. The number of nitro benzene ring substituents is 1. The van der Waals surface area contributed by atoms with Gasteiger partial charge in [0.1, 0.15) is 11.5 Å². The number of hydrogen-bond acceptors (Lipinski definition) is 3. The van der Waals surface area contributed by atoms with Crippen molar-refractivity contribution in [2.24, 2.45) is 0 Å². The monoisotopic (exact) mass is 266 g/mol. The van der Waals surface area contributed by atoms with Crippen LogP contribution in [0.2, 0.25) is 0 Å². The van der Waals surface area contributed by atoms with E-state index in [0.29, 0.717) is 0 Å². The van der Waals surface area contributed by atoms with E-state index in [0.717, 1.165) is 6.92 Å². The average molecular weight is 266 g/mol. The predicted octanol–water partition coefficient (Wildman–Crippen LogP) is 2.71. The van der Waals surface area contributed by atoms with Crippen molar-refractivity contribution in [1.29, 1.82) is 0 Å². The molecule has 1 N–H and O–H groups in total. The molecule has 0 unspecified atom stereocenters. The summed E-state index contributed by atoms with van der Waals surface area (Å²) in [6.45, 7) is 0.959. The number of hydrogen-bond donors (Lipinski definition) is 1. The topological polar surface area (TPSA) is 72.2 Å². The standard InChI is InChI=1S/C9H6F4N2O3/c1-4(16)14-7-2-5(9(11,12)13)6(10)3-8(7)15(17)18/h2-3H,1H3,(H,14,16). The van der Waals surface area contributed by atoms with Gasteiger partial charge in [0.05, 0.1) is 16.6 Å². The van der Waals surface area contributed by atoms with E-state index in [4.69, 9.17) is 0 Å². The number of nitro groups is 1. The third-order valence-electron chi connectivity index (χ3n) is 1.90. The quantitative estimate of drug-likeness (QED) is 0.508. The third kappa shape index (κ3) is 2.93. The van der Waals surface area contributed by atoms with E-state index in [1.165, 1.54) is 0 Å². The minimum absolute atomic E-state index is 0.119. The maximum Gasteiger partial charge on any atom is 0.419 e. The van der Waals surface area contributed by atoms with Crippen LogP contribution in [0.3, 0.4) is 0 Å². The highest BCUT2D eigenvalue weighted by atomic mass is 19.4. The second-order valence-corrected chi connectivity index (χ2v) is 3.29. The normalized spacial score (nSPS) is 11.2. The number of carbonyl (C=O) groups excluding carboxylic acids is 1. The number of nitrogens with zero attached hydrogens (tertiary/aromatic N) is 1. The molecule has 0 aromatic heterocycles. The Hall–Kier alpha value is -2.19. The minimum atomic E-state index is -5.01. The van der Waals surface area contributed by atoms with E-state index in [2.05, 4.69) is 0 Å². The summed E-state index contributed by atoms with van der Waals surface area (Å²) in [5, 5.41) is 12.4. The lowest BCUT2D eigenvalue weighted by Gasteiger charge is -2.10. The van der Waals surface area contributed by atoms with Gasteiger partial charge in [-0.15, -0.1) is 0 Å². The van der Waals surface area contributed by atoms with Gasteiger partial charge in [0.25, 0.3) is 5.69 Å². The number of alkyl halides is 3. The molecular formula is C9H6F4N2O3. The molecule has 0 atom stereocenters. The van der Waals surface area contributed by atoms with E-state index in [-0.39, 0.29) is 12.1 Å². The zero-order chi connectivity index (χ0) is 14.1. The van der Waals surface area contributed by atoms with E-state index in [9.17, 15) is 32.5 Å². The molecule has 0 fully saturated rings. The Labute approximate surface area is 97.6 Å². The summed E-state index contributed by atoms with van der Waals surface area (Å²) in [5.74, 6) is -2.58. The highest BCUT2D eigenvalue weighted by Crippen LogP contribution is 2.37. The highest BCUT2D eigenvalue weighted by molar-refractivity contribution is 5.91. The van der Waals surface area contributed by atoms with Crippen LogP contribution in [0.25, 0.3) is 0 Å². The van der Waals surface area contributed by atoms with Crippen LogP contribution in [0.1, 0.15) is 12.5 Å². The van der Waals surface area contributed by atoms with Crippen LogP contribution in [-0.2, 0) is 11.0 Å². The van der Waals surface area contributed by atoms with Crippen LogP contribution in [0.15, 0.2) is 12.1 Å². The fourth-order valence-corrected chi connectivity index (χ4v) is 1.22. The van der Waals surface area contributed by atoms with Crippen molar-refractivity contribution in [3.05, 3.63) is 33.6 Å². The molecule has 0 radical (unpaired) electrons. The molecule has 5 nitrogen and oxygen atoms in total. The summed E-state index contributed by atoms with van der Waals surface area (Å²) in [7, 11) is 0. The fraction of sp³-hybridized carbons (Fsp3) is 0.222. The van der Waals surface area contributed by atoms with Crippen LogP contribution in [0, 0.1) is 15.9 Å². The minimum Gasteiger partial charge on any atom is -0.321 e. The molecule has 1 amide bonds. The van der Waals surface area contributed by atoms with Crippen molar-refractivity contribution in [1.82, 2.24) is 0 Å².